The summed E-state index contributed by atoms with van der Waals surface area (Å²) in [5, 5.41) is 0.572. The molecule has 7 heteroatoms. The third kappa shape index (κ3) is 4.14. The number of hydrogen-bond donors (Lipinski definition) is 0. The van der Waals surface area contributed by atoms with Crippen LogP contribution in [-0.2, 0) is 6.54 Å². The third-order valence-electron chi connectivity index (χ3n) is 8.20. The molecule has 0 bridgehead atoms. The molecule has 6 rings (SSSR count). The largest absolute Gasteiger partial charge is 0.493 e. The average molecular weight is 491 g/mol. The van der Waals surface area contributed by atoms with Gasteiger partial charge in [0.15, 0.2) is 11.5 Å². The highest BCUT2D eigenvalue weighted by molar-refractivity contribution is 5.86. The van der Waals surface area contributed by atoms with Crippen LogP contribution in [0.15, 0.2) is 45.8 Å². The highest BCUT2D eigenvalue weighted by Gasteiger charge is 2.35. The van der Waals surface area contributed by atoms with E-state index in [1.165, 1.54) is 45.2 Å². The fourth-order valence-corrected chi connectivity index (χ4v) is 6.40. The molecule has 3 aromatic rings. The number of nitrogens with zero attached hydrogens (tertiary/aromatic N) is 2. The van der Waals surface area contributed by atoms with E-state index in [9.17, 15) is 4.79 Å². The zero-order valence-corrected chi connectivity index (χ0v) is 21.1. The summed E-state index contributed by atoms with van der Waals surface area (Å²) in [6.07, 6.45) is 8.11. The smallest absolute Gasteiger partial charge is 0.200 e. The maximum Gasteiger partial charge on any atom is 0.200 e. The van der Waals surface area contributed by atoms with E-state index in [4.69, 9.17) is 18.6 Å². The van der Waals surface area contributed by atoms with Gasteiger partial charge in [-0.2, -0.15) is 0 Å². The van der Waals surface area contributed by atoms with Crippen molar-refractivity contribution >= 4 is 11.0 Å². The molecule has 4 heterocycles. The standard InChI is InChI=1S/C29H34N2O5/c1-33-26-10-8-19(14-27(26)34-2)23-17-35-29-21(28(23)32)9-11-25-22(29)16-30(18-36-25)15-20-6-5-13-31-12-4-3-7-24(20)31/h8-11,14,17,20,24H,3-7,12-13,15-16,18H2,1-2H3/t20-,24-/m1/s1. The summed E-state index contributed by atoms with van der Waals surface area (Å²) in [5.41, 5.74) is 2.75. The van der Waals surface area contributed by atoms with Gasteiger partial charge in [0, 0.05) is 19.1 Å². The summed E-state index contributed by atoms with van der Waals surface area (Å²) in [6.45, 7) is 4.83. The summed E-state index contributed by atoms with van der Waals surface area (Å²) in [6, 6.07) is 9.88. The van der Waals surface area contributed by atoms with E-state index in [-0.39, 0.29) is 5.43 Å². The summed E-state index contributed by atoms with van der Waals surface area (Å²) in [5.74, 6) is 2.67. The fourth-order valence-electron chi connectivity index (χ4n) is 6.40. The van der Waals surface area contributed by atoms with E-state index >= 15 is 0 Å². The van der Waals surface area contributed by atoms with Crippen LogP contribution in [0.2, 0.25) is 0 Å². The van der Waals surface area contributed by atoms with E-state index in [0.717, 1.165) is 30.0 Å². The number of rotatable bonds is 5. The first-order valence-electron chi connectivity index (χ1n) is 13.0. The van der Waals surface area contributed by atoms with E-state index in [1.807, 2.05) is 18.2 Å². The number of methoxy groups -OCH3 is 2. The lowest BCUT2D eigenvalue weighted by molar-refractivity contribution is 0.0146. The van der Waals surface area contributed by atoms with Crippen LogP contribution in [0.3, 0.4) is 0 Å². The number of piperidine rings is 2. The number of benzene rings is 2. The van der Waals surface area contributed by atoms with Gasteiger partial charge in [-0.25, -0.2) is 0 Å². The van der Waals surface area contributed by atoms with Crippen molar-refractivity contribution < 1.29 is 18.6 Å². The van der Waals surface area contributed by atoms with Crippen LogP contribution >= 0.6 is 0 Å². The van der Waals surface area contributed by atoms with Gasteiger partial charge in [-0.15, -0.1) is 0 Å². The van der Waals surface area contributed by atoms with Crippen LogP contribution in [0.25, 0.3) is 22.1 Å². The Labute approximate surface area is 211 Å². The monoisotopic (exact) mass is 490 g/mol. The number of fused-ring (bicyclic) bond motifs is 4. The van der Waals surface area contributed by atoms with Crippen molar-refractivity contribution in [3.05, 3.63) is 52.4 Å². The molecule has 2 aromatic carbocycles. The van der Waals surface area contributed by atoms with E-state index < -0.39 is 0 Å². The topological polar surface area (TPSA) is 64.4 Å². The second-order valence-corrected chi connectivity index (χ2v) is 10.3. The van der Waals surface area contributed by atoms with Gasteiger partial charge < -0.3 is 23.5 Å². The molecule has 0 radical (unpaired) electrons. The highest BCUT2D eigenvalue weighted by atomic mass is 16.5. The van der Waals surface area contributed by atoms with Crippen molar-refractivity contribution in [3.8, 4) is 28.4 Å². The molecule has 0 aliphatic carbocycles. The first-order chi connectivity index (χ1) is 17.7. The van der Waals surface area contributed by atoms with Crippen LogP contribution in [0.1, 0.15) is 37.7 Å². The minimum atomic E-state index is -0.0616. The van der Waals surface area contributed by atoms with Crippen LogP contribution < -0.4 is 19.6 Å². The normalized spacial score (nSPS) is 22.5. The van der Waals surface area contributed by atoms with E-state index in [0.29, 0.717) is 46.7 Å². The predicted octanol–water partition coefficient (Wildman–Crippen LogP) is 4.89. The first kappa shape index (κ1) is 23.4. The van der Waals surface area contributed by atoms with Gasteiger partial charge in [-0.05, 0) is 74.5 Å². The Morgan fingerprint density at radius 3 is 2.72 bits per heavy atom. The van der Waals surface area contributed by atoms with Gasteiger partial charge in [0.25, 0.3) is 0 Å². The lowest BCUT2D eigenvalue weighted by Crippen LogP contribution is -2.51. The van der Waals surface area contributed by atoms with Crippen molar-refractivity contribution in [1.29, 1.82) is 0 Å². The molecular weight excluding hydrogens is 456 g/mol. The molecule has 3 aliphatic heterocycles. The van der Waals surface area contributed by atoms with Crippen LogP contribution in [0, 0.1) is 5.92 Å². The molecule has 2 fully saturated rings. The molecule has 2 atom stereocenters. The van der Waals surface area contributed by atoms with Gasteiger partial charge >= 0.3 is 0 Å². The maximum atomic E-state index is 13.5. The quantitative estimate of drug-likeness (QED) is 0.504. The van der Waals surface area contributed by atoms with Crippen molar-refractivity contribution in [2.45, 2.75) is 44.7 Å². The SMILES string of the molecule is COc1ccc(-c2coc3c4c(ccc3c2=O)OCN(C[C@H]2CCCN3CCCC[C@H]23)C4)cc1OC. The predicted molar refractivity (Wildman–Crippen MR) is 139 cm³/mol. The second kappa shape index (κ2) is 9.79. The van der Waals surface area contributed by atoms with Crippen LogP contribution in [-0.4, -0.2) is 56.4 Å². The van der Waals surface area contributed by atoms with Crippen molar-refractivity contribution in [2.75, 3.05) is 40.6 Å². The molecule has 36 heavy (non-hydrogen) atoms. The minimum absolute atomic E-state index is 0.0616. The Balaban J connectivity index is 1.29. The van der Waals surface area contributed by atoms with Crippen LogP contribution in [0.4, 0.5) is 0 Å². The molecule has 0 unspecified atom stereocenters. The molecule has 3 aliphatic rings. The summed E-state index contributed by atoms with van der Waals surface area (Å²) < 4.78 is 23.1. The molecule has 0 amide bonds. The first-order valence-corrected chi connectivity index (χ1v) is 13.0. The van der Waals surface area contributed by atoms with Gasteiger partial charge in [0.1, 0.15) is 24.3 Å². The molecule has 0 N–H and O–H groups in total. The Bertz CT molecular complexity index is 1320. The average Bonchev–Trinajstić information content (AvgIpc) is 2.93. The third-order valence-corrected chi connectivity index (χ3v) is 8.20. The molecule has 0 saturated carbocycles. The minimum Gasteiger partial charge on any atom is -0.493 e. The summed E-state index contributed by atoms with van der Waals surface area (Å²) in [7, 11) is 3.18. The van der Waals surface area contributed by atoms with Gasteiger partial charge in [-0.3, -0.25) is 9.69 Å². The number of hydrogen-bond acceptors (Lipinski definition) is 7. The van der Waals surface area contributed by atoms with Crippen LogP contribution in [0.5, 0.6) is 17.2 Å². The second-order valence-electron chi connectivity index (χ2n) is 10.3. The zero-order chi connectivity index (χ0) is 24.6. The van der Waals surface area contributed by atoms with Gasteiger partial charge in [0.05, 0.1) is 30.7 Å². The van der Waals surface area contributed by atoms with E-state index in [2.05, 4.69) is 9.80 Å². The van der Waals surface area contributed by atoms with Gasteiger partial charge in [0.2, 0.25) is 5.43 Å². The Kier molecular flexibility index (Phi) is 6.36. The fraction of sp³-hybridized carbons (Fsp3) is 0.483. The van der Waals surface area contributed by atoms with Crippen molar-refractivity contribution in [3.63, 3.8) is 0 Å². The lowest BCUT2D eigenvalue weighted by atomic mass is 9.83. The molecular formula is C29H34N2O5. The summed E-state index contributed by atoms with van der Waals surface area (Å²) in [4.78, 5) is 18.6. The molecule has 0 spiro atoms. The zero-order valence-electron chi connectivity index (χ0n) is 21.1. The molecule has 1 aromatic heterocycles. The maximum absolute atomic E-state index is 13.5. The van der Waals surface area contributed by atoms with E-state index in [1.54, 1.807) is 32.6 Å². The Morgan fingerprint density at radius 1 is 1.00 bits per heavy atom. The molecule has 190 valence electrons. The lowest BCUT2D eigenvalue weighted by Gasteiger charge is -2.46. The molecule has 7 nitrogen and oxygen atoms in total. The van der Waals surface area contributed by atoms with Gasteiger partial charge in [-0.1, -0.05) is 12.5 Å². The summed E-state index contributed by atoms with van der Waals surface area (Å²) >= 11 is 0. The highest BCUT2D eigenvalue weighted by Crippen LogP contribution is 2.36. The number of ether oxygens (including phenoxy) is 3. The Hall–Kier alpha value is -3.03. The molecule has 2 saturated heterocycles. The van der Waals surface area contributed by atoms with Crippen molar-refractivity contribution in [2.24, 2.45) is 5.92 Å². The Morgan fingerprint density at radius 2 is 1.86 bits per heavy atom. The van der Waals surface area contributed by atoms with Crippen molar-refractivity contribution in [1.82, 2.24) is 9.80 Å².